The molecule has 4 rings (SSSR count). The first-order chi connectivity index (χ1) is 15.6. The monoisotopic (exact) mass is 448 g/mol. The molecular formula is C25H25ClN4O2. The van der Waals surface area contributed by atoms with E-state index >= 15 is 0 Å². The average molecular weight is 449 g/mol. The summed E-state index contributed by atoms with van der Waals surface area (Å²) in [6.45, 7) is 2.07. The summed E-state index contributed by atoms with van der Waals surface area (Å²) in [7, 11) is 0. The van der Waals surface area contributed by atoms with Crippen molar-refractivity contribution in [3.63, 3.8) is 0 Å². The second kappa shape index (κ2) is 10.4. The Hall–Kier alpha value is -3.25. The number of carbonyl (C=O) groups excluding carboxylic acids is 2. The Labute approximate surface area is 192 Å². The Morgan fingerprint density at radius 2 is 1.56 bits per heavy atom. The average Bonchev–Trinajstić information content (AvgIpc) is 2.84. The molecular weight excluding hydrogens is 424 g/mol. The molecule has 3 aromatic rings. The molecule has 1 fully saturated rings. The first kappa shape index (κ1) is 22.0. The van der Waals surface area contributed by atoms with Gasteiger partial charge in [-0.25, -0.2) is 0 Å². The van der Waals surface area contributed by atoms with Crippen LogP contribution in [0, 0.1) is 0 Å². The minimum atomic E-state index is -0.203. The van der Waals surface area contributed by atoms with Crippen LogP contribution in [0.15, 0.2) is 60.7 Å². The predicted molar refractivity (Wildman–Crippen MR) is 127 cm³/mol. The molecule has 1 aromatic heterocycles. The van der Waals surface area contributed by atoms with Crippen LogP contribution >= 0.6 is 11.6 Å². The molecule has 7 heteroatoms. The van der Waals surface area contributed by atoms with Crippen LogP contribution in [0.1, 0.15) is 42.5 Å². The summed E-state index contributed by atoms with van der Waals surface area (Å²) in [4.78, 5) is 26.7. The van der Waals surface area contributed by atoms with Crippen LogP contribution in [0.4, 0.5) is 11.5 Å². The molecule has 0 saturated carbocycles. The molecule has 0 unspecified atom stereocenters. The smallest absolute Gasteiger partial charge is 0.224 e. The zero-order chi connectivity index (χ0) is 22.3. The first-order valence-corrected chi connectivity index (χ1v) is 11.2. The maximum atomic E-state index is 12.2. The third kappa shape index (κ3) is 5.71. The fraction of sp³-hybridized carbons (Fsp3) is 0.280. The van der Waals surface area contributed by atoms with E-state index in [1.807, 2.05) is 36.4 Å². The summed E-state index contributed by atoms with van der Waals surface area (Å²) in [6.07, 6.45) is 3.94. The van der Waals surface area contributed by atoms with Gasteiger partial charge in [0.1, 0.15) is 0 Å². The number of hydrogen-bond donors (Lipinski definition) is 1. The van der Waals surface area contributed by atoms with E-state index in [1.54, 1.807) is 24.3 Å². The van der Waals surface area contributed by atoms with Gasteiger partial charge >= 0.3 is 0 Å². The highest BCUT2D eigenvalue weighted by Gasteiger charge is 2.13. The van der Waals surface area contributed by atoms with Crippen molar-refractivity contribution in [2.24, 2.45) is 0 Å². The molecule has 164 valence electrons. The van der Waals surface area contributed by atoms with Crippen LogP contribution in [0.2, 0.25) is 5.02 Å². The number of benzene rings is 2. The van der Waals surface area contributed by atoms with Crippen molar-refractivity contribution in [2.75, 3.05) is 23.3 Å². The molecule has 0 bridgehead atoms. The van der Waals surface area contributed by atoms with Crippen molar-refractivity contribution < 1.29 is 9.59 Å². The topological polar surface area (TPSA) is 75.2 Å². The van der Waals surface area contributed by atoms with Crippen molar-refractivity contribution in [3.8, 4) is 11.3 Å². The quantitative estimate of drug-likeness (QED) is 0.490. The molecule has 0 aliphatic carbocycles. The summed E-state index contributed by atoms with van der Waals surface area (Å²) in [6, 6.07) is 18.1. The van der Waals surface area contributed by atoms with Crippen LogP contribution in [0.5, 0.6) is 0 Å². The van der Waals surface area contributed by atoms with Gasteiger partial charge in [0, 0.05) is 47.8 Å². The van der Waals surface area contributed by atoms with E-state index in [2.05, 4.69) is 20.4 Å². The fourth-order valence-corrected chi connectivity index (χ4v) is 3.85. The van der Waals surface area contributed by atoms with Gasteiger partial charge in [-0.2, -0.15) is 0 Å². The third-order valence-corrected chi connectivity index (χ3v) is 5.79. The van der Waals surface area contributed by atoms with Gasteiger partial charge in [0.05, 0.1) is 5.69 Å². The van der Waals surface area contributed by atoms with Crippen LogP contribution < -0.4 is 10.2 Å². The highest BCUT2D eigenvalue weighted by atomic mass is 35.5. The third-order valence-electron chi connectivity index (χ3n) is 5.54. The lowest BCUT2D eigenvalue weighted by Crippen LogP contribution is -2.30. The van der Waals surface area contributed by atoms with E-state index in [9.17, 15) is 9.59 Å². The van der Waals surface area contributed by atoms with Gasteiger partial charge in [-0.15, -0.1) is 10.2 Å². The van der Waals surface area contributed by atoms with Crippen molar-refractivity contribution in [1.82, 2.24) is 10.2 Å². The Kier molecular flexibility index (Phi) is 7.12. The minimum Gasteiger partial charge on any atom is -0.355 e. The molecule has 2 aromatic carbocycles. The fourth-order valence-electron chi connectivity index (χ4n) is 3.73. The number of halogens is 1. The number of Topliss-reactive ketones (excluding diaryl/α,β-unsaturated/α-hetero) is 1. The lowest BCUT2D eigenvalue weighted by molar-refractivity contribution is -0.116. The summed E-state index contributed by atoms with van der Waals surface area (Å²) in [5.74, 6) is 0.634. The number of aromatic nitrogens is 2. The zero-order valence-electron chi connectivity index (χ0n) is 17.8. The molecule has 2 heterocycles. The Morgan fingerprint density at radius 3 is 2.22 bits per heavy atom. The highest BCUT2D eigenvalue weighted by molar-refractivity contribution is 6.30. The molecule has 0 spiro atoms. The molecule has 1 saturated heterocycles. The van der Waals surface area contributed by atoms with Crippen molar-refractivity contribution in [1.29, 1.82) is 0 Å². The van der Waals surface area contributed by atoms with Gasteiger partial charge in [-0.05, 0) is 67.8 Å². The van der Waals surface area contributed by atoms with E-state index in [1.165, 1.54) is 19.3 Å². The number of rotatable bonds is 7. The van der Waals surface area contributed by atoms with Crippen molar-refractivity contribution >= 4 is 34.8 Å². The Bertz CT molecular complexity index is 1060. The number of nitrogens with one attached hydrogen (secondary N) is 1. The van der Waals surface area contributed by atoms with E-state index in [4.69, 9.17) is 11.6 Å². The maximum Gasteiger partial charge on any atom is 0.224 e. The zero-order valence-corrected chi connectivity index (χ0v) is 18.5. The highest BCUT2D eigenvalue weighted by Crippen LogP contribution is 2.22. The van der Waals surface area contributed by atoms with Crippen LogP contribution in [0.3, 0.4) is 0 Å². The molecule has 1 aliphatic rings. The second-order valence-electron chi connectivity index (χ2n) is 7.88. The van der Waals surface area contributed by atoms with Gasteiger partial charge in [0.25, 0.3) is 0 Å². The van der Waals surface area contributed by atoms with Gasteiger partial charge in [-0.3, -0.25) is 9.59 Å². The first-order valence-electron chi connectivity index (χ1n) is 10.9. The van der Waals surface area contributed by atoms with E-state index < -0.39 is 0 Å². The number of ketones is 1. The van der Waals surface area contributed by atoms with Gasteiger partial charge in [-0.1, -0.05) is 23.7 Å². The number of nitrogens with zero attached hydrogens (tertiary/aromatic N) is 3. The lowest BCUT2D eigenvalue weighted by atomic mass is 10.1. The van der Waals surface area contributed by atoms with Crippen LogP contribution in [0.25, 0.3) is 11.3 Å². The molecule has 1 aliphatic heterocycles. The lowest BCUT2D eigenvalue weighted by Gasteiger charge is -2.27. The maximum absolute atomic E-state index is 12.2. The van der Waals surface area contributed by atoms with Crippen molar-refractivity contribution in [2.45, 2.75) is 32.1 Å². The SMILES string of the molecule is O=C(CCC(=O)c1ccc(Cl)cc1)Nc1ccc(-c2ccc(N3CCCCC3)nn2)cc1. The predicted octanol–water partition coefficient (Wildman–Crippen LogP) is 5.39. The van der Waals surface area contributed by atoms with E-state index in [0.29, 0.717) is 16.3 Å². The Balaban J connectivity index is 1.29. The standard InChI is InChI=1S/C25H25ClN4O2/c26-20-8-4-19(5-9-20)23(31)13-15-25(32)27-21-10-6-18(7-11-21)22-12-14-24(29-28-22)30-16-2-1-3-17-30/h4-12,14H,1-3,13,15-17H2,(H,27,32). The summed E-state index contributed by atoms with van der Waals surface area (Å²) < 4.78 is 0. The number of anilines is 2. The number of amides is 1. The van der Waals surface area contributed by atoms with Crippen LogP contribution in [-0.4, -0.2) is 35.0 Å². The number of carbonyl (C=O) groups is 2. The second-order valence-corrected chi connectivity index (χ2v) is 8.32. The molecule has 0 radical (unpaired) electrons. The van der Waals surface area contributed by atoms with Crippen LogP contribution in [-0.2, 0) is 4.79 Å². The minimum absolute atomic E-state index is 0.0845. The molecule has 0 atom stereocenters. The molecule has 32 heavy (non-hydrogen) atoms. The summed E-state index contributed by atoms with van der Waals surface area (Å²) in [5, 5.41) is 12.2. The van der Waals surface area contributed by atoms with Gasteiger partial charge < -0.3 is 10.2 Å². The Morgan fingerprint density at radius 1 is 0.844 bits per heavy atom. The van der Waals surface area contributed by atoms with E-state index in [0.717, 1.165) is 30.2 Å². The molecule has 6 nitrogen and oxygen atoms in total. The molecule has 1 amide bonds. The number of piperidine rings is 1. The summed E-state index contributed by atoms with van der Waals surface area (Å²) >= 11 is 5.84. The van der Waals surface area contributed by atoms with E-state index in [-0.39, 0.29) is 24.5 Å². The molecule has 1 N–H and O–H groups in total. The largest absolute Gasteiger partial charge is 0.355 e. The van der Waals surface area contributed by atoms with Crippen molar-refractivity contribution in [3.05, 3.63) is 71.2 Å². The normalized spacial score (nSPS) is 13.6. The van der Waals surface area contributed by atoms with Gasteiger partial charge in [0.2, 0.25) is 5.91 Å². The summed E-state index contributed by atoms with van der Waals surface area (Å²) in [5.41, 5.74) is 2.95. The van der Waals surface area contributed by atoms with Gasteiger partial charge in [0.15, 0.2) is 11.6 Å². The number of hydrogen-bond acceptors (Lipinski definition) is 5.